The summed E-state index contributed by atoms with van der Waals surface area (Å²) in [6, 6.07) is 0. The fourth-order valence-corrected chi connectivity index (χ4v) is 3.45. The molecule has 0 aromatic carbocycles. The maximum atomic E-state index is 11.8. The molecule has 1 N–H and O–H groups in total. The van der Waals surface area contributed by atoms with Gasteiger partial charge in [-0.2, -0.15) is 0 Å². The van der Waals surface area contributed by atoms with Gasteiger partial charge in [-0.15, -0.1) is 21.5 Å². The zero-order chi connectivity index (χ0) is 16.8. The van der Waals surface area contributed by atoms with Crippen molar-refractivity contribution in [1.29, 1.82) is 0 Å². The van der Waals surface area contributed by atoms with Crippen LogP contribution in [0, 0.1) is 6.92 Å². The molecule has 0 spiro atoms. The lowest BCUT2D eigenvalue weighted by Gasteiger charge is -2.07. The van der Waals surface area contributed by atoms with Crippen molar-refractivity contribution < 1.29 is 4.79 Å². The molecule has 128 valence electrons. The Morgan fingerprint density at radius 1 is 1.38 bits per heavy atom. The van der Waals surface area contributed by atoms with Crippen LogP contribution in [0.25, 0.3) is 6.08 Å². The van der Waals surface area contributed by atoms with Gasteiger partial charge in [-0.05, 0) is 32.3 Å². The number of rotatable bonds is 6. The van der Waals surface area contributed by atoms with Gasteiger partial charge in [-0.25, -0.2) is 4.98 Å². The first kappa shape index (κ1) is 16.8. The number of nitrogens with zero attached hydrogens (tertiary/aromatic N) is 4. The average molecular weight is 345 g/mol. The summed E-state index contributed by atoms with van der Waals surface area (Å²) >= 11 is 1.58. The zero-order valence-corrected chi connectivity index (χ0v) is 14.8. The minimum absolute atomic E-state index is 0.0827. The average Bonchev–Trinajstić information content (AvgIpc) is 3.08. The van der Waals surface area contributed by atoms with E-state index in [-0.39, 0.29) is 5.91 Å². The molecular formula is C17H23N5OS. The van der Waals surface area contributed by atoms with Gasteiger partial charge in [-0.1, -0.05) is 6.42 Å². The molecule has 0 fully saturated rings. The van der Waals surface area contributed by atoms with E-state index < -0.39 is 0 Å². The van der Waals surface area contributed by atoms with Gasteiger partial charge in [0.05, 0.1) is 10.7 Å². The molecule has 0 bridgehead atoms. The summed E-state index contributed by atoms with van der Waals surface area (Å²) in [6.45, 7) is 3.62. The number of hydrogen-bond acceptors (Lipinski definition) is 5. The van der Waals surface area contributed by atoms with Crippen molar-refractivity contribution in [2.75, 3.05) is 6.54 Å². The van der Waals surface area contributed by atoms with Gasteiger partial charge < -0.3 is 9.88 Å². The zero-order valence-electron chi connectivity index (χ0n) is 14.0. The Morgan fingerprint density at radius 2 is 2.29 bits per heavy atom. The lowest BCUT2D eigenvalue weighted by atomic mass is 10.2. The number of thiazole rings is 1. The van der Waals surface area contributed by atoms with E-state index in [2.05, 4.69) is 25.1 Å². The van der Waals surface area contributed by atoms with Crippen LogP contribution in [-0.4, -0.2) is 32.2 Å². The molecule has 3 rings (SSSR count). The van der Waals surface area contributed by atoms with E-state index in [1.54, 1.807) is 17.4 Å². The third-order valence-electron chi connectivity index (χ3n) is 4.10. The van der Waals surface area contributed by atoms with Gasteiger partial charge in [0.15, 0.2) is 0 Å². The van der Waals surface area contributed by atoms with Crippen molar-refractivity contribution in [2.24, 2.45) is 0 Å². The highest BCUT2D eigenvalue weighted by Gasteiger charge is 2.14. The van der Waals surface area contributed by atoms with Gasteiger partial charge >= 0.3 is 0 Å². The molecule has 0 radical (unpaired) electrons. The van der Waals surface area contributed by atoms with Gasteiger partial charge in [0.1, 0.15) is 11.6 Å². The third kappa shape index (κ3) is 4.50. The molecule has 2 aromatic heterocycles. The maximum absolute atomic E-state index is 11.8. The predicted octanol–water partition coefficient (Wildman–Crippen LogP) is 2.53. The van der Waals surface area contributed by atoms with Crippen LogP contribution in [0.3, 0.4) is 0 Å². The monoisotopic (exact) mass is 345 g/mol. The summed E-state index contributed by atoms with van der Waals surface area (Å²) in [5.41, 5.74) is 0.832. The Kier molecular flexibility index (Phi) is 5.74. The molecule has 2 aromatic rings. The summed E-state index contributed by atoms with van der Waals surface area (Å²) in [5.74, 6) is 2.09. The van der Waals surface area contributed by atoms with Crippen LogP contribution in [0.4, 0.5) is 0 Å². The number of carbonyl (C=O) groups is 1. The van der Waals surface area contributed by atoms with Crippen molar-refractivity contribution in [3.63, 3.8) is 0 Å². The first-order valence-electron chi connectivity index (χ1n) is 8.51. The molecule has 3 heterocycles. The molecule has 0 saturated heterocycles. The standard InChI is InChI=1S/C17H23N5OS/c1-13-19-14(12-24-13)8-9-17(23)18-10-5-7-16-21-20-15-6-3-2-4-11-22(15)16/h8-9,12H,2-7,10-11H2,1H3,(H,18,23)/b9-8+. The Bertz CT molecular complexity index is 718. The molecule has 1 amide bonds. The Hall–Kier alpha value is -2.02. The van der Waals surface area contributed by atoms with Crippen LogP contribution in [0.5, 0.6) is 0 Å². The molecular weight excluding hydrogens is 322 g/mol. The number of aromatic nitrogens is 4. The van der Waals surface area contributed by atoms with Gasteiger partial charge in [-0.3, -0.25) is 4.79 Å². The predicted molar refractivity (Wildman–Crippen MR) is 94.8 cm³/mol. The molecule has 7 heteroatoms. The summed E-state index contributed by atoms with van der Waals surface area (Å²) in [5, 5.41) is 14.5. The molecule has 1 aliphatic rings. The number of fused-ring (bicyclic) bond motifs is 1. The van der Waals surface area contributed by atoms with E-state index in [9.17, 15) is 4.79 Å². The number of hydrogen-bond donors (Lipinski definition) is 1. The smallest absolute Gasteiger partial charge is 0.244 e. The highest BCUT2D eigenvalue weighted by molar-refractivity contribution is 7.09. The lowest BCUT2D eigenvalue weighted by molar-refractivity contribution is -0.116. The van der Waals surface area contributed by atoms with Crippen molar-refractivity contribution in [3.8, 4) is 0 Å². The van der Waals surface area contributed by atoms with Crippen molar-refractivity contribution in [3.05, 3.63) is 33.8 Å². The molecule has 1 aliphatic heterocycles. The summed E-state index contributed by atoms with van der Waals surface area (Å²) < 4.78 is 2.26. The SMILES string of the molecule is Cc1nc(/C=C/C(=O)NCCCc2nnc3n2CCCCC3)cs1. The Balaban J connectivity index is 1.41. The second-order valence-corrected chi connectivity index (χ2v) is 7.08. The first-order chi connectivity index (χ1) is 11.7. The number of aryl methyl sites for hydroxylation is 3. The number of nitrogens with one attached hydrogen (secondary N) is 1. The van der Waals surface area contributed by atoms with Crippen molar-refractivity contribution >= 4 is 23.3 Å². The molecule has 6 nitrogen and oxygen atoms in total. The van der Waals surface area contributed by atoms with E-state index in [1.165, 1.54) is 25.3 Å². The fourth-order valence-electron chi connectivity index (χ4n) is 2.87. The topological polar surface area (TPSA) is 72.7 Å². The molecule has 24 heavy (non-hydrogen) atoms. The molecule has 0 unspecified atom stereocenters. The van der Waals surface area contributed by atoms with E-state index in [1.807, 2.05) is 12.3 Å². The van der Waals surface area contributed by atoms with Crippen molar-refractivity contribution in [2.45, 2.75) is 52.0 Å². The summed E-state index contributed by atoms with van der Waals surface area (Å²) in [7, 11) is 0. The van der Waals surface area contributed by atoms with Crippen LogP contribution in [0.2, 0.25) is 0 Å². The minimum Gasteiger partial charge on any atom is -0.353 e. The summed E-state index contributed by atoms with van der Waals surface area (Å²) in [4.78, 5) is 16.1. The van der Waals surface area contributed by atoms with E-state index in [0.717, 1.165) is 48.2 Å². The number of amides is 1. The van der Waals surface area contributed by atoms with E-state index >= 15 is 0 Å². The normalized spacial score (nSPS) is 14.5. The Morgan fingerprint density at radius 3 is 3.12 bits per heavy atom. The molecule has 0 atom stereocenters. The highest BCUT2D eigenvalue weighted by atomic mass is 32.1. The minimum atomic E-state index is -0.0827. The van der Waals surface area contributed by atoms with Gasteiger partial charge in [0.25, 0.3) is 0 Å². The maximum Gasteiger partial charge on any atom is 0.244 e. The quantitative estimate of drug-likeness (QED) is 0.645. The first-order valence-corrected chi connectivity index (χ1v) is 9.39. The molecule has 0 aliphatic carbocycles. The molecule has 0 saturated carbocycles. The van der Waals surface area contributed by atoms with E-state index in [4.69, 9.17) is 0 Å². The lowest BCUT2D eigenvalue weighted by Crippen LogP contribution is -2.22. The van der Waals surface area contributed by atoms with Crippen LogP contribution in [0.1, 0.15) is 48.0 Å². The van der Waals surface area contributed by atoms with Crippen LogP contribution in [-0.2, 0) is 24.2 Å². The summed E-state index contributed by atoms with van der Waals surface area (Å²) in [6.07, 6.45) is 9.72. The van der Waals surface area contributed by atoms with Crippen LogP contribution < -0.4 is 5.32 Å². The van der Waals surface area contributed by atoms with E-state index in [0.29, 0.717) is 6.54 Å². The van der Waals surface area contributed by atoms with Gasteiger partial charge in [0.2, 0.25) is 5.91 Å². The highest BCUT2D eigenvalue weighted by Crippen LogP contribution is 2.15. The second-order valence-electron chi connectivity index (χ2n) is 6.01. The Labute approximate surface area is 146 Å². The van der Waals surface area contributed by atoms with Crippen LogP contribution in [0.15, 0.2) is 11.5 Å². The van der Waals surface area contributed by atoms with Gasteiger partial charge in [0, 0.05) is 37.4 Å². The largest absolute Gasteiger partial charge is 0.353 e. The second kappa shape index (κ2) is 8.19. The number of carbonyl (C=O) groups excluding carboxylic acids is 1. The third-order valence-corrected chi connectivity index (χ3v) is 4.90. The fraction of sp³-hybridized carbons (Fsp3) is 0.529. The van der Waals surface area contributed by atoms with Crippen molar-refractivity contribution in [1.82, 2.24) is 25.1 Å². The van der Waals surface area contributed by atoms with Crippen LogP contribution >= 0.6 is 11.3 Å².